The van der Waals surface area contributed by atoms with Crippen molar-refractivity contribution in [1.82, 2.24) is 0 Å². The Morgan fingerprint density at radius 3 is 3.00 bits per heavy atom. The first-order valence-electron chi connectivity index (χ1n) is 6.91. The van der Waals surface area contributed by atoms with E-state index in [2.05, 4.69) is 31.2 Å². The molecular formula is C15H21NO. The van der Waals surface area contributed by atoms with Crippen LogP contribution in [-0.4, -0.2) is 18.5 Å². The third-order valence-corrected chi connectivity index (χ3v) is 4.32. The number of fused-ring (bicyclic) bond motifs is 3. The number of ether oxygens (including phenoxy) is 1. The summed E-state index contributed by atoms with van der Waals surface area (Å²) in [5.74, 6) is 2.15. The van der Waals surface area contributed by atoms with Crippen LogP contribution in [-0.2, 0) is 4.74 Å². The van der Waals surface area contributed by atoms with Crippen molar-refractivity contribution in [3.8, 4) is 0 Å². The van der Waals surface area contributed by atoms with Gasteiger partial charge in [0.1, 0.15) is 6.23 Å². The lowest BCUT2D eigenvalue weighted by molar-refractivity contribution is 0.0509. The number of hydrogen-bond acceptors (Lipinski definition) is 2. The van der Waals surface area contributed by atoms with Crippen molar-refractivity contribution in [2.45, 2.75) is 38.8 Å². The Hall–Kier alpha value is -0.890. The molecule has 17 heavy (non-hydrogen) atoms. The van der Waals surface area contributed by atoms with Crippen molar-refractivity contribution in [2.24, 2.45) is 22.7 Å². The van der Waals surface area contributed by atoms with Crippen LogP contribution >= 0.6 is 0 Å². The highest BCUT2D eigenvalue weighted by Crippen LogP contribution is 2.41. The van der Waals surface area contributed by atoms with E-state index in [9.17, 15) is 0 Å². The minimum absolute atomic E-state index is 0.144. The summed E-state index contributed by atoms with van der Waals surface area (Å²) in [6.07, 6.45) is 14.1. The molecule has 2 heteroatoms. The minimum Gasteiger partial charge on any atom is -0.357 e. The molecule has 0 aromatic carbocycles. The molecule has 4 atom stereocenters. The molecule has 0 bridgehead atoms. The van der Waals surface area contributed by atoms with Gasteiger partial charge in [0.25, 0.3) is 0 Å². The lowest BCUT2D eigenvalue weighted by atomic mass is 9.67. The lowest BCUT2D eigenvalue weighted by Gasteiger charge is -2.40. The minimum atomic E-state index is 0.144. The Kier molecular flexibility index (Phi) is 3.15. The van der Waals surface area contributed by atoms with Crippen LogP contribution in [0.4, 0.5) is 0 Å². The average Bonchev–Trinajstić information content (AvgIpc) is 2.39. The fourth-order valence-electron chi connectivity index (χ4n) is 3.52. The van der Waals surface area contributed by atoms with Gasteiger partial charge in [-0.1, -0.05) is 24.3 Å². The average molecular weight is 231 g/mol. The molecule has 92 valence electrons. The first-order valence-corrected chi connectivity index (χ1v) is 6.91. The molecular weight excluding hydrogens is 210 g/mol. The summed E-state index contributed by atoms with van der Waals surface area (Å²) in [4.78, 5) is 4.82. The van der Waals surface area contributed by atoms with Crippen LogP contribution in [0.5, 0.6) is 0 Å². The monoisotopic (exact) mass is 231 g/mol. The first kappa shape index (κ1) is 11.2. The van der Waals surface area contributed by atoms with Crippen LogP contribution in [0.3, 0.4) is 0 Å². The summed E-state index contributed by atoms with van der Waals surface area (Å²) in [6, 6.07) is 0. The van der Waals surface area contributed by atoms with Crippen molar-refractivity contribution >= 4 is 5.71 Å². The van der Waals surface area contributed by atoms with E-state index < -0.39 is 0 Å². The number of allylic oxidation sites excluding steroid dienone is 4. The molecule has 3 aliphatic rings. The van der Waals surface area contributed by atoms with Crippen molar-refractivity contribution in [2.75, 3.05) is 6.61 Å². The molecule has 3 unspecified atom stereocenters. The summed E-state index contributed by atoms with van der Waals surface area (Å²) >= 11 is 0. The van der Waals surface area contributed by atoms with Gasteiger partial charge in [-0.3, -0.25) is 4.99 Å². The summed E-state index contributed by atoms with van der Waals surface area (Å²) in [6.45, 7) is 2.83. The van der Waals surface area contributed by atoms with E-state index in [0.29, 0.717) is 11.8 Å². The highest BCUT2D eigenvalue weighted by molar-refractivity contribution is 5.88. The normalized spacial score (nSPS) is 39.5. The third-order valence-electron chi connectivity index (χ3n) is 4.32. The molecule has 0 spiro atoms. The van der Waals surface area contributed by atoms with Crippen LogP contribution in [0, 0.1) is 17.8 Å². The second kappa shape index (κ2) is 4.77. The summed E-state index contributed by atoms with van der Waals surface area (Å²) in [5.41, 5.74) is 1.43. The van der Waals surface area contributed by atoms with Crippen LogP contribution in [0.2, 0.25) is 0 Å². The molecule has 0 aromatic heterocycles. The van der Waals surface area contributed by atoms with Crippen LogP contribution < -0.4 is 0 Å². The van der Waals surface area contributed by atoms with Crippen LogP contribution in [0.25, 0.3) is 0 Å². The Morgan fingerprint density at radius 1 is 1.24 bits per heavy atom. The number of aliphatic imine (C=N–C) groups is 1. The molecule has 2 nitrogen and oxygen atoms in total. The van der Waals surface area contributed by atoms with Gasteiger partial charge in [0, 0.05) is 18.2 Å². The number of hydrogen-bond donors (Lipinski definition) is 0. The zero-order chi connectivity index (χ0) is 11.7. The molecule has 0 aromatic rings. The maximum atomic E-state index is 5.65. The molecule has 0 saturated heterocycles. The van der Waals surface area contributed by atoms with E-state index >= 15 is 0 Å². The van der Waals surface area contributed by atoms with Gasteiger partial charge in [-0.2, -0.15) is 0 Å². The van der Waals surface area contributed by atoms with Crippen molar-refractivity contribution in [1.29, 1.82) is 0 Å². The quantitative estimate of drug-likeness (QED) is 0.714. The van der Waals surface area contributed by atoms with Crippen molar-refractivity contribution in [3.05, 3.63) is 24.3 Å². The third kappa shape index (κ3) is 2.11. The molecule has 0 radical (unpaired) electrons. The van der Waals surface area contributed by atoms with Crippen LogP contribution in [0.1, 0.15) is 32.6 Å². The molecule has 1 fully saturated rings. The number of rotatable bonds is 2. The zero-order valence-electron chi connectivity index (χ0n) is 10.5. The summed E-state index contributed by atoms with van der Waals surface area (Å²) < 4.78 is 5.65. The SMILES string of the molecule is CCOC1CC[C@@H]2C(=N1)CCC1C=CC=CC12. The van der Waals surface area contributed by atoms with Gasteiger partial charge in [-0.25, -0.2) is 0 Å². The molecule has 1 heterocycles. The fourth-order valence-corrected chi connectivity index (χ4v) is 3.52. The van der Waals surface area contributed by atoms with Gasteiger partial charge in [0.2, 0.25) is 0 Å². The fraction of sp³-hybridized carbons (Fsp3) is 0.667. The second-order valence-electron chi connectivity index (χ2n) is 5.26. The van der Waals surface area contributed by atoms with E-state index in [0.717, 1.165) is 18.9 Å². The lowest BCUT2D eigenvalue weighted by Crippen LogP contribution is -2.38. The largest absolute Gasteiger partial charge is 0.357 e. The van der Waals surface area contributed by atoms with Gasteiger partial charge in [-0.05, 0) is 44.4 Å². The molecule has 0 amide bonds. The summed E-state index contributed by atoms with van der Waals surface area (Å²) in [7, 11) is 0. The maximum absolute atomic E-state index is 5.65. The van der Waals surface area contributed by atoms with Crippen molar-refractivity contribution in [3.63, 3.8) is 0 Å². The van der Waals surface area contributed by atoms with Gasteiger partial charge in [0.05, 0.1) is 0 Å². The predicted molar refractivity (Wildman–Crippen MR) is 70.1 cm³/mol. The van der Waals surface area contributed by atoms with E-state index in [4.69, 9.17) is 9.73 Å². The van der Waals surface area contributed by atoms with E-state index in [-0.39, 0.29) is 6.23 Å². The van der Waals surface area contributed by atoms with Gasteiger partial charge in [0.15, 0.2) is 0 Å². The van der Waals surface area contributed by atoms with Gasteiger partial charge >= 0.3 is 0 Å². The van der Waals surface area contributed by atoms with E-state index in [1.807, 2.05) is 0 Å². The van der Waals surface area contributed by atoms with Crippen LogP contribution in [0.15, 0.2) is 29.3 Å². The van der Waals surface area contributed by atoms with E-state index in [1.165, 1.54) is 25.0 Å². The Labute approximate surface area is 103 Å². The molecule has 1 aliphatic heterocycles. The number of nitrogens with zero attached hydrogens (tertiary/aromatic N) is 1. The molecule has 2 aliphatic carbocycles. The predicted octanol–water partition coefficient (Wildman–Crippen LogP) is 3.35. The highest BCUT2D eigenvalue weighted by atomic mass is 16.5. The molecule has 1 saturated carbocycles. The molecule has 0 N–H and O–H groups in total. The Morgan fingerprint density at radius 2 is 2.12 bits per heavy atom. The van der Waals surface area contributed by atoms with Gasteiger partial charge < -0.3 is 4.74 Å². The topological polar surface area (TPSA) is 21.6 Å². The standard InChI is InChI=1S/C15H21NO/c1-2-17-15-10-8-13-12-6-4-3-5-11(12)7-9-14(13)16-15/h3-6,11-13,15H,2,7-10H2,1H3/t11?,12?,13-,15?/m0/s1. The Balaban J connectivity index is 1.78. The van der Waals surface area contributed by atoms with Crippen molar-refractivity contribution < 1.29 is 4.74 Å². The first-order chi connectivity index (χ1) is 8.38. The molecule has 3 rings (SSSR count). The van der Waals surface area contributed by atoms with Gasteiger partial charge in [-0.15, -0.1) is 0 Å². The highest BCUT2D eigenvalue weighted by Gasteiger charge is 2.37. The maximum Gasteiger partial charge on any atom is 0.148 e. The second-order valence-corrected chi connectivity index (χ2v) is 5.26. The van der Waals surface area contributed by atoms with E-state index in [1.54, 1.807) is 0 Å². The zero-order valence-corrected chi connectivity index (χ0v) is 10.5. The Bertz CT molecular complexity index is 369. The smallest absolute Gasteiger partial charge is 0.148 e. The summed E-state index contributed by atoms with van der Waals surface area (Å²) in [5, 5.41) is 0.